The fourth-order valence-corrected chi connectivity index (χ4v) is 4.39. The molecule has 3 fully saturated rings. The van der Waals surface area contributed by atoms with Crippen molar-refractivity contribution in [2.24, 2.45) is 5.92 Å². The van der Waals surface area contributed by atoms with Crippen LogP contribution in [0.1, 0.15) is 63.7 Å². The van der Waals surface area contributed by atoms with Crippen molar-refractivity contribution in [3.63, 3.8) is 0 Å². The minimum Gasteiger partial charge on any atom is -0.380 e. The van der Waals surface area contributed by atoms with Crippen molar-refractivity contribution in [2.75, 3.05) is 32.8 Å². The summed E-state index contributed by atoms with van der Waals surface area (Å²) in [6, 6.07) is 7.66. The SMILES string of the molecule is CCC(=O)[C@H](NC(=O)c1cccc(C2CCCN(C(=O)CNC3CC3)C2)c1)C1COC1.[HH].[HH]. The van der Waals surface area contributed by atoms with Gasteiger partial charge in [-0.2, -0.15) is 0 Å². The number of nitrogens with one attached hydrogen (secondary N) is 2. The van der Waals surface area contributed by atoms with E-state index in [1.807, 2.05) is 30.0 Å². The predicted octanol–water partition coefficient (Wildman–Crippen LogP) is 2.36. The van der Waals surface area contributed by atoms with Crippen LogP contribution in [-0.4, -0.2) is 67.4 Å². The highest BCUT2D eigenvalue weighted by Crippen LogP contribution is 2.28. The number of piperidine rings is 1. The van der Waals surface area contributed by atoms with Crippen LogP contribution < -0.4 is 10.6 Å². The number of hydrogen-bond acceptors (Lipinski definition) is 5. The lowest BCUT2D eigenvalue weighted by Crippen LogP contribution is -2.52. The number of carbonyl (C=O) groups is 3. The van der Waals surface area contributed by atoms with E-state index < -0.39 is 6.04 Å². The summed E-state index contributed by atoms with van der Waals surface area (Å²) in [6.07, 6.45) is 4.70. The molecule has 1 aliphatic carbocycles. The molecule has 2 atom stereocenters. The number of likely N-dealkylation sites (tertiary alicyclic amines) is 1. The van der Waals surface area contributed by atoms with Gasteiger partial charge in [-0.3, -0.25) is 14.4 Å². The summed E-state index contributed by atoms with van der Waals surface area (Å²) in [5.41, 5.74) is 1.64. The number of benzene rings is 1. The van der Waals surface area contributed by atoms with E-state index in [4.69, 9.17) is 4.74 Å². The minimum atomic E-state index is -0.489. The zero-order valence-corrected chi connectivity index (χ0v) is 18.3. The quantitative estimate of drug-likeness (QED) is 0.627. The molecule has 3 aliphatic rings. The third kappa shape index (κ3) is 5.52. The van der Waals surface area contributed by atoms with Gasteiger partial charge in [0.25, 0.3) is 5.91 Å². The summed E-state index contributed by atoms with van der Waals surface area (Å²) in [6.45, 7) is 4.74. The Labute approximate surface area is 186 Å². The molecular formula is C24H37N3O4. The fourth-order valence-electron chi connectivity index (χ4n) is 4.39. The maximum absolute atomic E-state index is 12.9. The summed E-state index contributed by atoms with van der Waals surface area (Å²) < 4.78 is 5.22. The van der Waals surface area contributed by atoms with Gasteiger partial charge < -0.3 is 20.3 Å². The van der Waals surface area contributed by atoms with Gasteiger partial charge in [0.15, 0.2) is 5.78 Å². The number of ketones is 1. The van der Waals surface area contributed by atoms with E-state index in [1.54, 1.807) is 6.07 Å². The topological polar surface area (TPSA) is 87.7 Å². The molecule has 172 valence electrons. The van der Waals surface area contributed by atoms with E-state index in [0.717, 1.165) is 24.9 Å². The van der Waals surface area contributed by atoms with E-state index in [0.29, 0.717) is 44.3 Å². The molecule has 0 aromatic heterocycles. The second kappa shape index (κ2) is 9.92. The largest absolute Gasteiger partial charge is 0.380 e. The maximum atomic E-state index is 12.9. The molecule has 7 heteroatoms. The zero-order valence-electron chi connectivity index (χ0n) is 18.3. The second-order valence-corrected chi connectivity index (χ2v) is 9.03. The molecule has 0 spiro atoms. The van der Waals surface area contributed by atoms with E-state index in [1.165, 1.54) is 12.8 Å². The van der Waals surface area contributed by atoms with Crippen LogP contribution in [0.25, 0.3) is 0 Å². The van der Waals surface area contributed by atoms with Crippen LogP contribution >= 0.6 is 0 Å². The Morgan fingerprint density at radius 3 is 2.71 bits per heavy atom. The molecule has 1 saturated carbocycles. The normalized spacial score (nSPS) is 22.5. The third-order valence-electron chi connectivity index (χ3n) is 6.63. The van der Waals surface area contributed by atoms with Crippen LogP contribution in [0.3, 0.4) is 0 Å². The number of nitrogens with zero attached hydrogens (tertiary/aromatic N) is 1. The first-order chi connectivity index (χ1) is 15.0. The summed E-state index contributed by atoms with van der Waals surface area (Å²) in [4.78, 5) is 39.7. The van der Waals surface area contributed by atoms with Crippen molar-refractivity contribution in [3.05, 3.63) is 35.4 Å². The van der Waals surface area contributed by atoms with Crippen LogP contribution in [-0.2, 0) is 14.3 Å². The van der Waals surface area contributed by atoms with Crippen LogP contribution in [0.5, 0.6) is 0 Å². The first-order valence-corrected chi connectivity index (χ1v) is 11.6. The van der Waals surface area contributed by atoms with Gasteiger partial charge in [-0.15, -0.1) is 0 Å². The smallest absolute Gasteiger partial charge is 0.251 e. The first kappa shape index (κ1) is 22.0. The van der Waals surface area contributed by atoms with Gasteiger partial charge in [-0.05, 0) is 43.4 Å². The predicted molar refractivity (Wildman–Crippen MR) is 121 cm³/mol. The molecule has 2 heterocycles. The van der Waals surface area contributed by atoms with Crippen LogP contribution in [0.15, 0.2) is 24.3 Å². The Morgan fingerprint density at radius 2 is 2.03 bits per heavy atom. The van der Waals surface area contributed by atoms with Crippen molar-refractivity contribution >= 4 is 17.6 Å². The van der Waals surface area contributed by atoms with E-state index >= 15 is 0 Å². The third-order valence-corrected chi connectivity index (χ3v) is 6.63. The van der Waals surface area contributed by atoms with Crippen LogP contribution in [0.2, 0.25) is 0 Å². The Balaban J connectivity index is 0.00000193. The highest BCUT2D eigenvalue weighted by molar-refractivity contribution is 5.98. The number of carbonyl (C=O) groups excluding carboxylic acids is 3. The Hall–Kier alpha value is -2.25. The number of hydrogen-bond donors (Lipinski definition) is 2. The molecular weight excluding hydrogens is 394 g/mol. The minimum absolute atomic E-state index is 0. The summed E-state index contributed by atoms with van der Waals surface area (Å²) in [5, 5.41) is 6.24. The van der Waals surface area contributed by atoms with Gasteiger partial charge in [0.05, 0.1) is 25.8 Å². The lowest BCUT2D eigenvalue weighted by atomic mass is 9.89. The number of rotatable bonds is 9. The first-order valence-electron chi connectivity index (χ1n) is 11.6. The van der Waals surface area contributed by atoms with Gasteiger partial charge >= 0.3 is 0 Å². The molecule has 1 aromatic rings. The van der Waals surface area contributed by atoms with Gasteiger partial charge in [-0.1, -0.05) is 19.1 Å². The average molecular weight is 432 g/mol. The van der Waals surface area contributed by atoms with Gasteiger partial charge in [0.1, 0.15) is 0 Å². The molecule has 2 amide bonds. The van der Waals surface area contributed by atoms with Gasteiger partial charge in [0, 0.05) is 45.8 Å². The lowest BCUT2D eigenvalue weighted by molar-refractivity contribution is -0.131. The second-order valence-electron chi connectivity index (χ2n) is 9.03. The highest BCUT2D eigenvalue weighted by Gasteiger charge is 2.34. The van der Waals surface area contributed by atoms with Crippen molar-refractivity contribution in [1.29, 1.82) is 0 Å². The van der Waals surface area contributed by atoms with Crippen LogP contribution in [0, 0.1) is 5.92 Å². The molecule has 0 bridgehead atoms. The molecule has 2 aliphatic heterocycles. The van der Waals surface area contributed by atoms with Crippen molar-refractivity contribution < 1.29 is 22.0 Å². The number of ether oxygens (including phenoxy) is 1. The Bertz CT molecular complexity index is 830. The van der Waals surface area contributed by atoms with Crippen LogP contribution in [0.4, 0.5) is 0 Å². The van der Waals surface area contributed by atoms with E-state index in [9.17, 15) is 14.4 Å². The van der Waals surface area contributed by atoms with Gasteiger partial charge in [-0.25, -0.2) is 0 Å². The number of Topliss-reactive ketones (excluding diaryl/α,β-unsaturated/α-hetero) is 1. The summed E-state index contributed by atoms with van der Waals surface area (Å²) in [5.74, 6) is 0.257. The van der Waals surface area contributed by atoms with Crippen molar-refractivity contribution in [2.45, 2.75) is 57.0 Å². The van der Waals surface area contributed by atoms with Crippen molar-refractivity contribution in [1.82, 2.24) is 15.5 Å². The van der Waals surface area contributed by atoms with E-state index in [-0.39, 0.29) is 32.3 Å². The molecule has 7 nitrogen and oxygen atoms in total. The van der Waals surface area contributed by atoms with Crippen molar-refractivity contribution in [3.8, 4) is 0 Å². The molecule has 2 N–H and O–H groups in total. The molecule has 0 radical (unpaired) electrons. The average Bonchev–Trinajstić information content (AvgIpc) is 3.60. The summed E-state index contributed by atoms with van der Waals surface area (Å²) >= 11 is 0. The Kier molecular flexibility index (Phi) is 7.02. The Morgan fingerprint density at radius 1 is 1.23 bits per heavy atom. The zero-order chi connectivity index (χ0) is 21.8. The van der Waals surface area contributed by atoms with E-state index in [2.05, 4.69) is 10.6 Å². The highest BCUT2D eigenvalue weighted by atomic mass is 16.5. The lowest BCUT2D eigenvalue weighted by Gasteiger charge is -2.34. The fraction of sp³-hybridized carbons (Fsp3) is 0.625. The number of amides is 2. The molecule has 1 unspecified atom stereocenters. The molecule has 2 saturated heterocycles. The monoisotopic (exact) mass is 431 g/mol. The molecule has 1 aromatic carbocycles. The van der Waals surface area contributed by atoms with Gasteiger partial charge in [0.2, 0.25) is 5.91 Å². The summed E-state index contributed by atoms with van der Waals surface area (Å²) in [7, 11) is 0. The molecule has 4 rings (SSSR count). The molecule has 31 heavy (non-hydrogen) atoms. The standard InChI is InChI=1S/C24H33N3O4.2H2/c1-2-21(28)23(19-14-31-15-19)26-24(30)17-6-3-5-16(11-17)18-7-4-10-27(13-18)22(29)12-25-20-8-9-20;;/h3,5-6,11,18-20,23,25H,2,4,7-10,12-15H2,1H3,(H,26,30);2*1H/t18?,23-;;/m1../s1. The maximum Gasteiger partial charge on any atom is 0.251 e.